The smallest absolute Gasteiger partial charge is 0.305 e. The number of hydrogen-bond acceptors (Lipinski definition) is 5. The average Bonchev–Trinajstić information content (AvgIpc) is 3.09. The summed E-state index contributed by atoms with van der Waals surface area (Å²) in [4.78, 5) is 12.6. The second-order valence-corrected chi connectivity index (χ2v) is 8.91. The van der Waals surface area contributed by atoms with Crippen LogP contribution in [0.1, 0.15) is 16.1 Å². The molecule has 0 bridgehead atoms. The van der Waals surface area contributed by atoms with Gasteiger partial charge < -0.3 is 4.42 Å². The zero-order chi connectivity index (χ0) is 20.3. The third-order valence-electron chi connectivity index (χ3n) is 3.71. The highest BCUT2D eigenvalue weighted by atomic mass is 35.5. The standard InChI is InChI=1S/C18H13Cl3N2O4S/c19-12-8-14(20)16(15(21)9-12)22-23-18(24)17-11(6-7-27-17)10-28(25,26)13-4-2-1-3-5-13/h1-9,22H,10H2,(H,23,24). The lowest BCUT2D eigenvalue weighted by molar-refractivity contribution is 0.0934. The molecule has 146 valence electrons. The minimum atomic E-state index is -3.64. The van der Waals surface area contributed by atoms with Crippen LogP contribution in [0.4, 0.5) is 5.69 Å². The molecule has 0 radical (unpaired) electrons. The molecule has 3 aromatic rings. The Labute approximate surface area is 176 Å². The first-order valence-electron chi connectivity index (χ1n) is 7.83. The Balaban J connectivity index is 1.76. The number of sulfone groups is 1. The van der Waals surface area contributed by atoms with Gasteiger partial charge in [-0.25, -0.2) is 8.42 Å². The van der Waals surface area contributed by atoms with Crippen molar-refractivity contribution in [2.75, 3.05) is 5.43 Å². The van der Waals surface area contributed by atoms with Crippen molar-refractivity contribution in [3.63, 3.8) is 0 Å². The van der Waals surface area contributed by atoms with E-state index in [-0.39, 0.29) is 32.0 Å². The molecule has 3 rings (SSSR count). The molecule has 0 spiro atoms. The van der Waals surface area contributed by atoms with Crippen molar-refractivity contribution in [1.82, 2.24) is 5.43 Å². The van der Waals surface area contributed by atoms with Crippen LogP contribution in [0.15, 0.2) is 64.1 Å². The lowest BCUT2D eigenvalue weighted by Crippen LogP contribution is -2.30. The van der Waals surface area contributed by atoms with Gasteiger partial charge in [-0.05, 0) is 30.3 Å². The zero-order valence-electron chi connectivity index (χ0n) is 14.1. The molecule has 1 amide bonds. The molecule has 0 aliphatic heterocycles. The number of hydrogen-bond donors (Lipinski definition) is 2. The summed E-state index contributed by atoms with van der Waals surface area (Å²) < 4.78 is 30.2. The molecule has 2 aromatic carbocycles. The van der Waals surface area contributed by atoms with Crippen LogP contribution in [0.25, 0.3) is 0 Å². The average molecular weight is 460 g/mol. The molecule has 1 heterocycles. The number of nitrogens with one attached hydrogen (secondary N) is 2. The fraction of sp³-hybridized carbons (Fsp3) is 0.0556. The summed E-state index contributed by atoms with van der Waals surface area (Å²) in [5.74, 6) is -1.22. The molecule has 0 saturated heterocycles. The summed E-state index contributed by atoms with van der Waals surface area (Å²) in [6.45, 7) is 0. The van der Waals surface area contributed by atoms with Crippen molar-refractivity contribution in [2.24, 2.45) is 0 Å². The number of rotatable bonds is 6. The summed E-state index contributed by atoms with van der Waals surface area (Å²) >= 11 is 17.9. The largest absolute Gasteiger partial charge is 0.459 e. The first-order valence-corrected chi connectivity index (χ1v) is 10.6. The Morgan fingerprint density at radius 3 is 2.29 bits per heavy atom. The Kier molecular flexibility index (Phi) is 6.20. The number of amides is 1. The van der Waals surface area contributed by atoms with Crippen molar-refractivity contribution in [3.05, 3.63) is 81.2 Å². The molecule has 0 aliphatic rings. The minimum Gasteiger partial charge on any atom is -0.459 e. The molecular formula is C18H13Cl3N2O4S. The van der Waals surface area contributed by atoms with Gasteiger partial charge in [0, 0.05) is 10.6 Å². The monoisotopic (exact) mass is 458 g/mol. The Hall–Kier alpha value is -2.19. The van der Waals surface area contributed by atoms with Crippen LogP contribution >= 0.6 is 34.8 Å². The highest BCUT2D eigenvalue weighted by Gasteiger charge is 2.22. The van der Waals surface area contributed by atoms with E-state index in [1.165, 1.54) is 36.6 Å². The number of carbonyl (C=O) groups is 1. The number of furan rings is 1. The Morgan fingerprint density at radius 1 is 1.00 bits per heavy atom. The summed E-state index contributed by atoms with van der Waals surface area (Å²) in [6.07, 6.45) is 1.24. The first kappa shape index (κ1) is 20.5. The summed E-state index contributed by atoms with van der Waals surface area (Å²) in [5, 5.41) is 0.736. The van der Waals surface area contributed by atoms with Crippen molar-refractivity contribution in [2.45, 2.75) is 10.6 Å². The predicted octanol–water partition coefficient (Wildman–Crippen LogP) is 4.97. The lowest BCUT2D eigenvalue weighted by atomic mass is 10.3. The van der Waals surface area contributed by atoms with Gasteiger partial charge in [0.1, 0.15) is 0 Å². The maximum atomic E-state index is 12.5. The summed E-state index contributed by atoms with van der Waals surface area (Å²) in [6, 6.07) is 12.3. The minimum absolute atomic E-state index is 0.145. The van der Waals surface area contributed by atoms with Crippen molar-refractivity contribution in [1.29, 1.82) is 0 Å². The van der Waals surface area contributed by atoms with E-state index < -0.39 is 21.5 Å². The summed E-state index contributed by atoms with van der Waals surface area (Å²) in [5.41, 5.74) is 5.43. The summed E-state index contributed by atoms with van der Waals surface area (Å²) in [7, 11) is -3.64. The molecule has 0 aliphatic carbocycles. The second kappa shape index (κ2) is 8.45. The topological polar surface area (TPSA) is 88.4 Å². The van der Waals surface area contributed by atoms with Gasteiger partial charge in [-0.15, -0.1) is 0 Å². The van der Waals surface area contributed by atoms with E-state index >= 15 is 0 Å². The molecule has 0 unspecified atom stereocenters. The highest BCUT2D eigenvalue weighted by Crippen LogP contribution is 2.33. The molecule has 1 aromatic heterocycles. The van der Waals surface area contributed by atoms with E-state index in [9.17, 15) is 13.2 Å². The van der Waals surface area contributed by atoms with Crippen LogP contribution in [0.2, 0.25) is 15.1 Å². The van der Waals surface area contributed by atoms with Crippen LogP contribution in [0.5, 0.6) is 0 Å². The van der Waals surface area contributed by atoms with Crippen LogP contribution < -0.4 is 10.9 Å². The van der Waals surface area contributed by atoms with Gasteiger partial charge in [0.05, 0.1) is 32.6 Å². The molecule has 0 fully saturated rings. The lowest BCUT2D eigenvalue weighted by Gasteiger charge is -2.12. The third kappa shape index (κ3) is 4.62. The van der Waals surface area contributed by atoms with E-state index in [4.69, 9.17) is 39.2 Å². The number of carbonyl (C=O) groups excluding carboxylic acids is 1. The van der Waals surface area contributed by atoms with Gasteiger partial charge in [-0.3, -0.25) is 15.6 Å². The molecular weight excluding hydrogens is 447 g/mol. The van der Waals surface area contributed by atoms with E-state index in [0.29, 0.717) is 5.02 Å². The number of anilines is 1. The van der Waals surface area contributed by atoms with Crippen LogP contribution in [-0.2, 0) is 15.6 Å². The Morgan fingerprint density at radius 2 is 1.64 bits per heavy atom. The second-order valence-electron chi connectivity index (χ2n) is 5.67. The number of hydrazine groups is 1. The number of halogens is 3. The fourth-order valence-electron chi connectivity index (χ4n) is 2.40. The molecule has 6 nitrogen and oxygen atoms in total. The quantitative estimate of drug-likeness (QED) is 0.508. The molecule has 2 N–H and O–H groups in total. The maximum absolute atomic E-state index is 12.5. The van der Waals surface area contributed by atoms with Crippen LogP contribution in [0.3, 0.4) is 0 Å². The Bertz CT molecular complexity index is 1090. The van der Waals surface area contributed by atoms with Crippen molar-refractivity contribution in [3.8, 4) is 0 Å². The van der Waals surface area contributed by atoms with Crippen LogP contribution in [-0.4, -0.2) is 14.3 Å². The predicted molar refractivity (Wildman–Crippen MR) is 109 cm³/mol. The molecule has 10 heteroatoms. The molecule has 0 saturated carbocycles. The van der Waals surface area contributed by atoms with E-state index in [2.05, 4.69) is 10.9 Å². The maximum Gasteiger partial charge on any atom is 0.305 e. The third-order valence-corrected chi connectivity index (χ3v) is 6.20. The molecule has 28 heavy (non-hydrogen) atoms. The van der Waals surface area contributed by atoms with Gasteiger partial charge in [0.15, 0.2) is 15.6 Å². The van der Waals surface area contributed by atoms with Crippen molar-refractivity contribution >= 4 is 56.2 Å². The van der Waals surface area contributed by atoms with Gasteiger partial charge in [-0.2, -0.15) is 0 Å². The van der Waals surface area contributed by atoms with Gasteiger partial charge >= 0.3 is 5.91 Å². The van der Waals surface area contributed by atoms with Crippen LogP contribution in [0, 0.1) is 0 Å². The number of benzene rings is 2. The van der Waals surface area contributed by atoms with Gasteiger partial charge in [-0.1, -0.05) is 53.0 Å². The first-order chi connectivity index (χ1) is 13.3. The van der Waals surface area contributed by atoms with E-state index in [0.717, 1.165) is 0 Å². The van der Waals surface area contributed by atoms with Gasteiger partial charge in [0.25, 0.3) is 0 Å². The zero-order valence-corrected chi connectivity index (χ0v) is 17.2. The highest BCUT2D eigenvalue weighted by molar-refractivity contribution is 7.90. The SMILES string of the molecule is O=C(NNc1c(Cl)cc(Cl)cc1Cl)c1occc1CS(=O)(=O)c1ccccc1. The van der Waals surface area contributed by atoms with E-state index in [1.807, 2.05) is 0 Å². The van der Waals surface area contributed by atoms with Gasteiger partial charge in [0.2, 0.25) is 0 Å². The van der Waals surface area contributed by atoms with E-state index in [1.54, 1.807) is 18.2 Å². The van der Waals surface area contributed by atoms with Crippen molar-refractivity contribution < 1.29 is 17.6 Å². The normalized spacial score (nSPS) is 11.2. The fourth-order valence-corrected chi connectivity index (χ4v) is 4.69. The molecule has 0 atom stereocenters.